The average molecular weight is 382 g/mol. The first-order valence-corrected chi connectivity index (χ1v) is 10.3. The fourth-order valence-corrected chi connectivity index (χ4v) is 4.76. The lowest BCUT2D eigenvalue weighted by atomic mass is 9.80. The molecule has 3 fully saturated rings. The van der Waals surface area contributed by atoms with Crippen molar-refractivity contribution in [3.05, 3.63) is 0 Å². The summed E-state index contributed by atoms with van der Waals surface area (Å²) in [5.74, 6) is -0.578. The molecule has 27 heavy (non-hydrogen) atoms. The van der Waals surface area contributed by atoms with Crippen LogP contribution in [-0.4, -0.2) is 65.9 Å². The average Bonchev–Trinajstić information content (AvgIpc) is 2.60. The number of hydrogen-bond acceptors (Lipinski definition) is 6. The Hall–Kier alpha value is -1.22. The number of likely N-dealkylation sites (tertiary alicyclic amines) is 1. The van der Waals surface area contributed by atoms with Crippen molar-refractivity contribution in [2.24, 2.45) is 29.2 Å². The molecule has 0 aromatic carbocycles. The van der Waals surface area contributed by atoms with Crippen molar-refractivity contribution in [1.29, 1.82) is 0 Å². The van der Waals surface area contributed by atoms with E-state index in [-0.39, 0.29) is 30.3 Å². The molecule has 3 aliphatic rings. The van der Waals surface area contributed by atoms with Crippen LogP contribution in [0.15, 0.2) is 0 Å². The third-order valence-corrected chi connectivity index (χ3v) is 6.20. The first kappa shape index (κ1) is 20.5. The second kappa shape index (κ2) is 8.43. The van der Waals surface area contributed by atoms with E-state index in [2.05, 4.69) is 17.1 Å². The van der Waals surface area contributed by atoms with Crippen molar-refractivity contribution >= 4 is 11.8 Å². The molecule has 0 bridgehead atoms. The molecule has 6 unspecified atom stereocenters. The smallest absolute Gasteiger partial charge is 0.229 e. The Bertz CT molecular complexity index is 557. The van der Waals surface area contributed by atoms with Crippen LogP contribution in [0.4, 0.5) is 0 Å². The van der Waals surface area contributed by atoms with Gasteiger partial charge in [0.2, 0.25) is 11.8 Å². The fraction of sp³-hybridized carbons (Fsp3) is 0.895. The third-order valence-electron chi connectivity index (χ3n) is 6.20. The van der Waals surface area contributed by atoms with Gasteiger partial charge in [-0.25, -0.2) is 0 Å². The van der Waals surface area contributed by atoms with Crippen LogP contribution in [0, 0.1) is 17.8 Å². The molecule has 0 aromatic rings. The molecule has 8 heteroatoms. The lowest BCUT2D eigenvalue weighted by Crippen LogP contribution is -2.74. The van der Waals surface area contributed by atoms with Gasteiger partial charge in [0.25, 0.3) is 0 Å². The van der Waals surface area contributed by atoms with Crippen LogP contribution in [0.25, 0.3) is 0 Å². The minimum Gasteiger partial charge on any atom is -0.379 e. The molecular weight excluding hydrogens is 346 g/mol. The lowest BCUT2D eigenvalue weighted by molar-refractivity contribution is -0.163. The van der Waals surface area contributed by atoms with E-state index in [0.29, 0.717) is 25.5 Å². The Labute approximate surface area is 161 Å². The standard InChI is InChI=1S/C19H35N5O3/c1-11(2)27-8-4-7-23-16(20)13(17(21)25)9-14-18(23)22-15-6-5-12(3)10-24(15)19(14)26/h11-16,18,22H,4-10,20H2,1-3H3,(H2,21,25). The van der Waals surface area contributed by atoms with Crippen molar-refractivity contribution in [1.82, 2.24) is 15.1 Å². The molecule has 3 heterocycles. The predicted octanol–water partition coefficient (Wildman–Crippen LogP) is 0.0236. The summed E-state index contributed by atoms with van der Waals surface area (Å²) in [6.45, 7) is 8.26. The number of nitrogens with zero attached hydrogens (tertiary/aromatic N) is 2. The quantitative estimate of drug-likeness (QED) is 0.559. The summed E-state index contributed by atoms with van der Waals surface area (Å²) in [6, 6.07) is 0. The number of ether oxygens (including phenoxy) is 1. The highest BCUT2D eigenvalue weighted by Crippen LogP contribution is 2.36. The number of fused-ring (bicyclic) bond motifs is 2. The van der Waals surface area contributed by atoms with Crippen LogP contribution >= 0.6 is 0 Å². The van der Waals surface area contributed by atoms with E-state index in [1.54, 1.807) is 0 Å². The number of piperidine rings is 2. The number of amides is 2. The minimum absolute atomic E-state index is 0.0571. The number of nitrogens with two attached hydrogens (primary N) is 2. The topological polar surface area (TPSA) is 114 Å². The number of primary amides is 1. The number of carbonyl (C=O) groups is 2. The molecule has 3 rings (SSSR count). The molecular formula is C19H35N5O3. The van der Waals surface area contributed by atoms with E-state index in [1.807, 2.05) is 18.7 Å². The first-order valence-electron chi connectivity index (χ1n) is 10.3. The van der Waals surface area contributed by atoms with E-state index >= 15 is 0 Å². The molecule has 3 aliphatic heterocycles. The first-order chi connectivity index (χ1) is 12.8. The van der Waals surface area contributed by atoms with Gasteiger partial charge in [0.05, 0.1) is 36.4 Å². The molecule has 5 N–H and O–H groups in total. The van der Waals surface area contributed by atoms with Crippen molar-refractivity contribution in [3.63, 3.8) is 0 Å². The van der Waals surface area contributed by atoms with Crippen LogP contribution in [0.2, 0.25) is 0 Å². The van der Waals surface area contributed by atoms with Crippen molar-refractivity contribution < 1.29 is 14.3 Å². The van der Waals surface area contributed by atoms with Gasteiger partial charge < -0.3 is 21.1 Å². The summed E-state index contributed by atoms with van der Waals surface area (Å²) in [6.07, 6.45) is 2.89. The van der Waals surface area contributed by atoms with Gasteiger partial charge >= 0.3 is 0 Å². The number of hydrogen-bond donors (Lipinski definition) is 3. The van der Waals surface area contributed by atoms with Gasteiger partial charge in [-0.3, -0.25) is 19.8 Å². The van der Waals surface area contributed by atoms with Crippen LogP contribution in [-0.2, 0) is 14.3 Å². The molecule has 6 atom stereocenters. The summed E-state index contributed by atoms with van der Waals surface area (Å²) in [7, 11) is 0. The minimum atomic E-state index is -0.512. The summed E-state index contributed by atoms with van der Waals surface area (Å²) in [5.41, 5.74) is 12.0. The van der Waals surface area contributed by atoms with E-state index in [9.17, 15) is 9.59 Å². The monoisotopic (exact) mass is 381 g/mol. The summed E-state index contributed by atoms with van der Waals surface area (Å²) in [4.78, 5) is 29.2. The molecule has 0 aromatic heterocycles. The Morgan fingerprint density at radius 1 is 1.37 bits per heavy atom. The predicted molar refractivity (Wildman–Crippen MR) is 102 cm³/mol. The van der Waals surface area contributed by atoms with Crippen molar-refractivity contribution in [2.45, 2.75) is 71.1 Å². The van der Waals surface area contributed by atoms with E-state index < -0.39 is 18.0 Å². The SMILES string of the molecule is CC1CCC2NC3C(CC(C(N)=O)C(N)N3CCCOC(C)C)C(=O)N2C1. The second-order valence-electron chi connectivity index (χ2n) is 8.65. The molecule has 0 spiro atoms. The summed E-state index contributed by atoms with van der Waals surface area (Å²) < 4.78 is 5.64. The molecule has 0 aliphatic carbocycles. The van der Waals surface area contributed by atoms with Gasteiger partial charge in [-0.15, -0.1) is 0 Å². The highest BCUT2D eigenvalue weighted by molar-refractivity contribution is 5.83. The Morgan fingerprint density at radius 3 is 2.78 bits per heavy atom. The molecule has 8 nitrogen and oxygen atoms in total. The summed E-state index contributed by atoms with van der Waals surface area (Å²) in [5, 5.41) is 3.66. The number of rotatable bonds is 6. The van der Waals surface area contributed by atoms with E-state index in [1.165, 1.54) is 0 Å². The highest BCUT2D eigenvalue weighted by Gasteiger charge is 2.52. The van der Waals surface area contributed by atoms with Gasteiger partial charge in [-0.1, -0.05) is 6.92 Å². The normalized spacial score (nSPS) is 37.2. The second-order valence-corrected chi connectivity index (χ2v) is 8.65. The maximum atomic E-state index is 13.2. The molecule has 3 saturated heterocycles. The van der Waals surface area contributed by atoms with E-state index in [0.717, 1.165) is 25.8 Å². The maximum Gasteiger partial charge on any atom is 0.229 e. The zero-order chi connectivity index (χ0) is 19.7. The van der Waals surface area contributed by atoms with Crippen LogP contribution in [0.3, 0.4) is 0 Å². The Balaban J connectivity index is 1.76. The zero-order valence-corrected chi connectivity index (χ0v) is 16.8. The van der Waals surface area contributed by atoms with Crippen LogP contribution in [0.1, 0.15) is 46.5 Å². The fourth-order valence-electron chi connectivity index (χ4n) is 4.76. The van der Waals surface area contributed by atoms with Crippen molar-refractivity contribution in [3.8, 4) is 0 Å². The molecule has 0 saturated carbocycles. The lowest BCUT2D eigenvalue weighted by Gasteiger charge is -2.55. The highest BCUT2D eigenvalue weighted by atomic mass is 16.5. The Kier molecular flexibility index (Phi) is 6.40. The van der Waals surface area contributed by atoms with Gasteiger partial charge in [-0.05, 0) is 45.4 Å². The largest absolute Gasteiger partial charge is 0.379 e. The van der Waals surface area contributed by atoms with E-state index in [4.69, 9.17) is 16.2 Å². The molecule has 154 valence electrons. The number of carbonyl (C=O) groups excluding carboxylic acids is 2. The number of nitrogens with one attached hydrogen (secondary N) is 1. The van der Waals surface area contributed by atoms with Crippen LogP contribution < -0.4 is 16.8 Å². The Morgan fingerprint density at radius 2 is 2.11 bits per heavy atom. The zero-order valence-electron chi connectivity index (χ0n) is 16.8. The maximum absolute atomic E-state index is 13.2. The summed E-state index contributed by atoms with van der Waals surface area (Å²) >= 11 is 0. The van der Waals surface area contributed by atoms with Gasteiger partial charge in [0, 0.05) is 19.7 Å². The van der Waals surface area contributed by atoms with Crippen molar-refractivity contribution in [2.75, 3.05) is 19.7 Å². The van der Waals surface area contributed by atoms with Gasteiger partial charge in [0.15, 0.2) is 0 Å². The molecule has 0 radical (unpaired) electrons. The molecule has 2 amide bonds. The third kappa shape index (κ3) is 4.29. The van der Waals surface area contributed by atoms with Gasteiger partial charge in [0.1, 0.15) is 0 Å². The van der Waals surface area contributed by atoms with Gasteiger partial charge in [-0.2, -0.15) is 0 Å². The van der Waals surface area contributed by atoms with Crippen LogP contribution in [0.5, 0.6) is 0 Å².